The normalized spacial score (nSPS) is 15.2. The van der Waals surface area contributed by atoms with Crippen molar-refractivity contribution in [2.24, 2.45) is 0 Å². The Morgan fingerprint density at radius 1 is 1.06 bits per heavy atom. The standard InChI is InChI=1S/C26H20BrNO5/c1-3-32-21-12-15(6-10-19(21)29)23-22-24(30)18-13-16(27)7-11-20(18)33-25(22)26(31)28(23)17-8-4-14(2)5-9-17/h4-13,23,29H,3H2,1-2H3. The molecule has 1 aliphatic rings. The lowest BCUT2D eigenvalue weighted by atomic mass is 9.97. The molecule has 1 amide bonds. The molecule has 1 N–H and O–H groups in total. The number of anilines is 1. The monoisotopic (exact) mass is 505 g/mol. The van der Waals surface area contributed by atoms with Gasteiger partial charge >= 0.3 is 0 Å². The van der Waals surface area contributed by atoms with E-state index in [0.717, 1.165) is 10.0 Å². The maximum atomic E-state index is 13.7. The Morgan fingerprint density at radius 3 is 2.55 bits per heavy atom. The Kier molecular flexibility index (Phi) is 5.21. The summed E-state index contributed by atoms with van der Waals surface area (Å²) in [6.07, 6.45) is 0. The molecule has 5 rings (SSSR count). The predicted molar refractivity (Wildman–Crippen MR) is 129 cm³/mol. The minimum absolute atomic E-state index is 0.0125. The number of hydrogen-bond acceptors (Lipinski definition) is 5. The summed E-state index contributed by atoms with van der Waals surface area (Å²) in [4.78, 5) is 28.8. The first kappa shape index (κ1) is 21.3. The van der Waals surface area contributed by atoms with E-state index in [-0.39, 0.29) is 28.3 Å². The fraction of sp³-hybridized carbons (Fsp3) is 0.154. The number of fused-ring (bicyclic) bond motifs is 2. The number of benzene rings is 3. The first-order chi connectivity index (χ1) is 15.9. The third-order valence-electron chi connectivity index (χ3n) is 5.74. The SMILES string of the molecule is CCOc1cc(C2c3c(oc4ccc(Br)cc4c3=O)C(=O)N2c2ccc(C)cc2)ccc1O. The lowest BCUT2D eigenvalue weighted by Crippen LogP contribution is -2.29. The number of phenolic OH excluding ortho intramolecular Hbond substituents is 1. The molecule has 0 saturated carbocycles. The predicted octanol–water partition coefficient (Wildman–Crippen LogP) is 5.72. The molecule has 0 saturated heterocycles. The van der Waals surface area contributed by atoms with Gasteiger partial charge in [-0.15, -0.1) is 0 Å². The Labute approximate surface area is 198 Å². The maximum absolute atomic E-state index is 13.7. The Hall–Kier alpha value is -3.58. The van der Waals surface area contributed by atoms with Crippen molar-refractivity contribution >= 4 is 38.5 Å². The largest absolute Gasteiger partial charge is 0.504 e. The number of hydrogen-bond donors (Lipinski definition) is 1. The molecule has 166 valence electrons. The number of amides is 1. The highest BCUT2D eigenvalue weighted by Gasteiger charge is 2.43. The fourth-order valence-electron chi connectivity index (χ4n) is 4.20. The van der Waals surface area contributed by atoms with E-state index in [4.69, 9.17) is 9.15 Å². The van der Waals surface area contributed by atoms with Crippen molar-refractivity contribution in [3.8, 4) is 11.5 Å². The van der Waals surface area contributed by atoms with Crippen LogP contribution in [-0.2, 0) is 0 Å². The van der Waals surface area contributed by atoms with Crippen LogP contribution in [-0.4, -0.2) is 17.6 Å². The summed E-state index contributed by atoms with van der Waals surface area (Å²) in [5.41, 5.74) is 2.65. The number of aryl methyl sites for hydroxylation is 1. The molecule has 1 atom stereocenters. The van der Waals surface area contributed by atoms with Crippen LogP contribution in [0.2, 0.25) is 0 Å². The first-order valence-corrected chi connectivity index (χ1v) is 11.3. The zero-order valence-corrected chi connectivity index (χ0v) is 19.5. The second-order valence-corrected chi connectivity index (χ2v) is 8.80. The highest BCUT2D eigenvalue weighted by molar-refractivity contribution is 9.10. The molecule has 33 heavy (non-hydrogen) atoms. The fourth-order valence-corrected chi connectivity index (χ4v) is 4.57. The van der Waals surface area contributed by atoms with Gasteiger partial charge in [0.1, 0.15) is 5.58 Å². The van der Waals surface area contributed by atoms with Gasteiger partial charge in [-0.05, 0) is 61.9 Å². The Bertz CT molecular complexity index is 1460. The number of carbonyl (C=O) groups is 1. The number of halogens is 1. The molecule has 0 fully saturated rings. The number of nitrogens with zero attached hydrogens (tertiary/aromatic N) is 1. The van der Waals surface area contributed by atoms with Crippen molar-refractivity contribution in [2.45, 2.75) is 19.9 Å². The maximum Gasteiger partial charge on any atom is 0.295 e. The average Bonchev–Trinajstić information content (AvgIpc) is 3.09. The van der Waals surface area contributed by atoms with Gasteiger partial charge in [0.2, 0.25) is 5.76 Å². The molecular formula is C26H20BrNO5. The topological polar surface area (TPSA) is 80.0 Å². The van der Waals surface area contributed by atoms with Gasteiger partial charge in [-0.3, -0.25) is 14.5 Å². The molecule has 0 radical (unpaired) electrons. The highest BCUT2D eigenvalue weighted by atomic mass is 79.9. The molecule has 4 aromatic rings. The van der Waals surface area contributed by atoms with Crippen molar-refractivity contribution < 1.29 is 19.1 Å². The van der Waals surface area contributed by atoms with E-state index in [9.17, 15) is 14.7 Å². The highest BCUT2D eigenvalue weighted by Crippen LogP contribution is 2.43. The molecule has 1 unspecified atom stereocenters. The van der Waals surface area contributed by atoms with Crippen molar-refractivity contribution in [3.05, 3.63) is 97.8 Å². The summed E-state index contributed by atoms with van der Waals surface area (Å²) in [5.74, 6) is -0.104. The van der Waals surface area contributed by atoms with Gasteiger partial charge in [0.15, 0.2) is 16.9 Å². The lowest BCUT2D eigenvalue weighted by Gasteiger charge is -2.26. The first-order valence-electron chi connectivity index (χ1n) is 10.5. The molecule has 0 bridgehead atoms. The van der Waals surface area contributed by atoms with Crippen LogP contribution in [0.25, 0.3) is 11.0 Å². The van der Waals surface area contributed by atoms with Gasteiger partial charge in [-0.1, -0.05) is 39.7 Å². The second-order valence-electron chi connectivity index (χ2n) is 7.89. The smallest absolute Gasteiger partial charge is 0.295 e. The summed E-state index contributed by atoms with van der Waals surface area (Å²) in [6, 6.07) is 16.8. The summed E-state index contributed by atoms with van der Waals surface area (Å²) < 4.78 is 12.3. The number of phenols is 1. The minimum atomic E-state index is -0.741. The van der Waals surface area contributed by atoms with E-state index >= 15 is 0 Å². The van der Waals surface area contributed by atoms with Gasteiger partial charge in [0, 0.05) is 10.2 Å². The van der Waals surface area contributed by atoms with Crippen molar-refractivity contribution in [2.75, 3.05) is 11.5 Å². The van der Waals surface area contributed by atoms with Crippen molar-refractivity contribution in [1.29, 1.82) is 0 Å². The third-order valence-corrected chi connectivity index (χ3v) is 6.24. The summed E-state index contributed by atoms with van der Waals surface area (Å²) in [7, 11) is 0. The van der Waals surface area contributed by atoms with Crippen LogP contribution in [0.3, 0.4) is 0 Å². The molecule has 3 aromatic carbocycles. The third kappa shape index (κ3) is 3.49. The van der Waals surface area contributed by atoms with Crippen LogP contribution < -0.4 is 15.1 Å². The van der Waals surface area contributed by atoms with Gasteiger partial charge < -0.3 is 14.3 Å². The molecule has 6 nitrogen and oxygen atoms in total. The Balaban J connectivity index is 1.80. The number of ether oxygens (including phenoxy) is 1. The van der Waals surface area contributed by atoms with E-state index in [1.54, 1.807) is 35.2 Å². The van der Waals surface area contributed by atoms with E-state index < -0.39 is 11.9 Å². The molecule has 0 aliphatic carbocycles. The summed E-state index contributed by atoms with van der Waals surface area (Å²) in [5, 5.41) is 10.6. The van der Waals surface area contributed by atoms with Crippen LogP contribution in [0, 0.1) is 6.92 Å². The minimum Gasteiger partial charge on any atom is -0.504 e. The van der Waals surface area contributed by atoms with Crippen molar-refractivity contribution in [1.82, 2.24) is 0 Å². The lowest BCUT2D eigenvalue weighted by molar-refractivity contribution is 0.0971. The van der Waals surface area contributed by atoms with E-state index in [1.807, 2.05) is 38.1 Å². The van der Waals surface area contributed by atoms with Crippen molar-refractivity contribution in [3.63, 3.8) is 0 Å². The van der Waals surface area contributed by atoms with Crippen LogP contribution in [0.4, 0.5) is 5.69 Å². The Morgan fingerprint density at radius 2 is 1.82 bits per heavy atom. The zero-order valence-electron chi connectivity index (χ0n) is 18.0. The van der Waals surface area contributed by atoms with Crippen LogP contribution in [0.5, 0.6) is 11.5 Å². The number of rotatable bonds is 4. The van der Waals surface area contributed by atoms with Crippen LogP contribution in [0.15, 0.2) is 74.3 Å². The molecular weight excluding hydrogens is 486 g/mol. The van der Waals surface area contributed by atoms with E-state index in [2.05, 4.69) is 15.9 Å². The molecule has 0 spiro atoms. The average molecular weight is 506 g/mol. The van der Waals surface area contributed by atoms with Gasteiger partial charge in [-0.25, -0.2) is 0 Å². The summed E-state index contributed by atoms with van der Waals surface area (Å²) >= 11 is 3.41. The van der Waals surface area contributed by atoms with Crippen LogP contribution >= 0.6 is 15.9 Å². The van der Waals surface area contributed by atoms with Gasteiger partial charge in [0.05, 0.1) is 23.6 Å². The number of carbonyl (C=O) groups excluding carboxylic acids is 1. The quantitative estimate of drug-likeness (QED) is 0.383. The number of aromatic hydroxyl groups is 1. The second kappa shape index (κ2) is 8.08. The van der Waals surface area contributed by atoms with E-state index in [1.165, 1.54) is 6.07 Å². The molecule has 1 aliphatic heterocycles. The van der Waals surface area contributed by atoms with Gasteiger partial charge in [0.25, 0.3) is 5.91 Å². The zero-order chi connectivity index (χ0) is 23.3. The van der Waals surface area contributed by atoms with Gasteiger partial charge in [-0.2, -0.15) is 0 Å². The molecule has 1 aromatic heterocycles. The van der Waals surface area contributed by atoms with Crippen LogP contribution in [0.1, 0.15) is 40.2 Å². The molecule has 2 heterocycles. The summed E-state index contributed by atoms with van der Waals surface area (Å²) in [6.45, 7) is 4.14. The molecule has 7 heteroatoms. The van der Waals surface area contributed by atoms with E-state index in [0.29, 0.717) is 28.8 Å².